The van der Waals surface area contributed by atoms with E-state index < -0.39 is 5.79 Å². The van der Waals surface area contributed by atoms with Crippen LogP contribution in [0.1, 0.15) is 32.8 Å². The van der Waals surface area contributed by atoms with Gasteiger partial charge in [0.05, 0.1) is 6.42 Å². The van der Waals surface area contributed by atoms with Crippen LogP contribution in [0, 0.1) is 0 Å². The fourth-order valence-electron chi connectivity index (χ4n) is 1.90. The van der Waals surface area contributed by atoms with E-state index in [2.05, 4.69) is 0 Å². The Bertz CT molecular complexity index is 340. The second kappa shape index (κ2) is 6.52. The molecule has 0 spiro atoms. The standard InChI is InChI=1S/C14H20O3/c1-4-16-14(17-5-2,11-12(3)15)13-9-7-6-8-10-13/h6-10H,4-5,11H2,1-3H3. The van der Waals surface area contributed by atoms with Crippen molar-refractivity contribution in [1.82, 2.24) is 0 Å². The van der Waals surface area contributed by atoms with Gasteiger partial charge in [0, 0.05) is 18.8 Å². The van der Waals surface area contributed by atoms with E-state index in [0.717, 1.165) is 5.56 Å². The zero-order valence-corrected chi connectivity index (χ0v) is 10.7. The molecule has 0 aliphatic heterocycles. The number of hydrogen-bond donors (Lipinski definition) is 0. The summed E-state index contributed by atoms with van der Waals surface area (Å²) in [6.07, 6.45) is 0.235. The highest BCUT2D eigenvalue weighted by Gasteiger charge is 2.35. The molecule has 0 N–H and O–H groups in total. The Morgan fingerprint density at radius 3 is 2.06 bits per heavy atom. The van der Waals surface area contributed by atoms with Crippen LogP contribution in [0.25, 0.3) is 0 Å². The molecule has 17 heavy (non-hydrogen) atoms. The van der Waals surface area contributed by atoms with Gasteiger partial charge in [-0.2, -0.15) is 0 Å². The fraction of sp³-hybridized carbons (Fsp3) is 0.500. The molecule has 94 valence electrons. The van der Waals surface area contributed by atoms with Gasteiger partial charge in [0.15, 0.2) is 0 Å². The third kappa shape index (κ3) is 3.65. The predicted octanol–water partition coefficient (Wildman–Crippen LogP) is 2.89. The number of carbonyl (C=O) groups excluding carboxylic acids is 1. The van der Waals surface area contributed by atoms with Crippen molar-refractivity contribution in [3.63, 3.8) is 0 Å². The fourth-order valence-corrected chi connectivity index (χ4v) is 1.90. The molecule has 0 unspecified atom stereocenters. The third-order valence-electron chi connectivity index (χ3n) is 2.45. The highest BCUT2D eigenvalue weighted by Crippen LogP contribution is 2.31. The summed E-state index contributed by atoms with van der Waals surface area (Å²) in [5.41, 5.74) is 0.888. The largest absolute Gasteiger partial charge is 0.346 e. The van der Waals surface area contributed by atoms with Crippen LogP contribution in [0.5, 0.6) is 0 Å². The van der Waals surface area contributed by atoms with E-state index in [1.807, 2.05) is 44.2 Å². The maximum atomic E-state index is 11.4. The van der Waals surface area contributed by atoms with Gasteiger partial charge in [-0.1, -0.05) is 30.3 Å². The summed E-state index contributed by atoms with van der Waals surface area (Å²) in [4.78, 5) is 11.4. The molecule has 0 radical (unpaired) electrons. The highest BCUT2D eigenvalue weighted by atomic mass is 16.7. The van der Waals surface area contributed by atoms with Gasteiger partial charge < -0.3 is 9.47 Å². The Balaban J connectivity index is 3.09. The lowest BCUT2D eigenvalue weighted by Crippen LogP contribution is -2.35. The lowest BCUT2D eigenvalue weighted by Gasteiger charge is -2.32. The average Bonchev–Trinajstić information content (AvgIpc) is 2.30. The van der Waals surface area contributed by atoms with E-state index >= 15 is 0 Å². The Morgan fingerprint density at radius 1 is 1.12 bits per heavy atom. The van der Waals surface area contributed by atoms with Gasteiger partial charge in [-0.05, 0) is 20.8 Å². The molecule has 0 bridgehead atoms. The zero-order chi connectivity index (χ0) is 12.7. The van der Waals surface area contributed by atoms with Gasteiger partial charge >= 0.3 is 0 Å². The molecule has 0 aromatic heterocycles. The summed E-state index contributed by atoms with van der Waals surface area (Å²) >= 11 is 0. The number of ether oxygens (including phenoxy) is 2. The second-order valence-electron chi connectivity index (χ2n) is 3.86. The third-order valence-corrected chi connectivity index (χ3v) is 2.45. The van der Waals surface area contributed by atoms with Gasteiger partial charge in [-0.3, -0.25) is 4.79 Å². The molecule has 0 saturated carbocycles. The molecule has 1 rings (SSSR count). The number of rotatable bonds is 7. The smallest absolute Gasteiger partial charge is 0.201 e. The number of benzene rings is 1. The summed E-state index contributed by atoms with van der Waals surface area (Å²) in [5, 5.41) is 0. The van der Waals surface area contributed by atoms with E-state index in [1.54, 1.807) is 6.92 Å². The molecule has 0 aliphatic carbocycles. The Hall–Kier alpha value is -1.19. The van der Waals surface area contributed by atoms with Crippen LogP contribution in [0.15, 0.2) is 30.3 Å². The molecule has 3 nitrogen and oxygen atoms in total. The molecular formula is C14H20O3. The van der Waals surface area contributed by atoms with Crippen molar-refractivity contribution in [2.75, 3.05) is 13.2 Å². The minimum absolute atomic E-state index is 0.0516. The van der Waals surface area contributed by atoms with Crippen molar-refractivity contribution in [2.24, 2.45) is 0 Å². The first kappa shape index (κ1) is 13.9. The van der Waals surface area contributed by atoms with Crippen LogP contribution < -0.4 is 0 Å². The van der Waals surface area contributed by atoms with Crippen molar-refractivity contribution >= 4 is 5.78 Å². The maximum absolute atomic E-state index is 11.4. The van der Waals surface area contributed by atoms with Crippen molar-refractivity contribution in [3.8, 4) is 0 Å². The minimum atomic E-state index is -0.934. The lowest BCUT2D eigenvalue weighted by molar-refractivity contribution is -0.243. The zero-order valence-electron chi connectivity index (χ0n) is 10.7. The molecule has 0 saturated heterocycles. The van der Waals surface area contributed by atoms with Gasteiger partial charge in [-0.25, -0.2) is 0 Å². The summed E-state index contributed by atoms with van der Waals surface area (Å²) in [7, 11) is 0. The Kier molecular flexibility index (Phi) is 5.32. The van der Waals surface area contributed by atoms with Gasteiger partial charge in [0.1, 0.15) is 5.78 Å². The lowest BCUT2D eigenvalue weighted by atomic mass is 10.00. The van der Waals surface area contributed by atoms with Crippen LogP contribution >= 0.6 is 0 Å². The maximum Gasteiger partial charge on any atom is 0.201 e. The summed E-state index contributed by atoms with van der Waals surface area (Å²) in [5.74, 6) is -0.882. The van der Waals surface area contributed by atoms with Crippen molar-refractivity contribution in [3.05, 3.63) is 35.9 Å². The summed E-state index contributed by atoms with van der Waals surface area (Å²) < 4.78 is 11.4. The average molecular weight is 236 g/mol. The molecule has 1 aromatic rings. The molecule has 1 aromatic carbocycles. The minimum Gasteiger partial charge on any atom is -0.346 e. The quantitative estimate of drug-likeness (QED) is 0.683. The van der Waals surface area contributed by atoms with Crippen LogP contribution in [0.4, 0.5) is 0 Å². The van der Waals surface area contributed by atoms with Crippen molar-refractivity contribution in [1.29, 1.82) is 0 Å². The van der Waals surface area contributed by atoms with E-state index in [1.165, 1.54) is 0 Å². The Morgan fingerprint density at radius 2 is 1.65 bits per heavy atom. The molecule has 0 atom stereocenters. The topological polar surface area (TPSA) is 35.5 Å². The summed E-state index contributed by atoms with van der Waals surface area (Å²) in [6.45, 7) is 6.35. The van der Waals surface area contributed by atoms with Crippen LogP contribution in [-0.4, -0.2) is 19.0 Å². The monoisotopic (exact) mass is 236 g/mol. The second-order valence-corrected chi connectivity index (χ2v) is 3.86. The highest BCUT2D eigenvalue weighted by molar-refractivity contribution is 5.76. The van der Waals surface area contributed by atoms with E-state index in [9.17, 15) is 4.79 Å². The first-order valence-corrected chi connectivity index (χ1v) is 5.97. The number of hydrogen-bond acceptors (Lipinski definition) is 3. The number of Topliss-reactive ketones (excluding diaryl/α,β-unsaturated/α-hetero) is 1. The SMILES string of the molecule is CCOC(CC(C)=O)(OCC)c1ccccc1. The summed E-state index contributed by atoms with van der Waals surface area (Å²) in [6, 6.07) is 9.62. The van der Waals surface area contributed by atoms with Gasteiger partial charge in [0.25, 0.3) is 0 Å². The molecule has 0 heterocycles. The van der Waals surface area contributed by atoms with Crippen LogP contribution in [0.2, 0.25) is 0 Å². The number of carbonyl (C=O) groups is 1. The van der Waals surface area contributed by atoms with Crippen LogP contribution in [-0.2, 0) is 20.1 Å². The van der Waals surface area contributed by atoms with E-state index in [4.69, 9.17) is 9.47 Å². The molecule has 3 heteroatoms. The van der Waals surface area contributed by atoms with Gasteiger partial charge in [-0.15, -0.1) is 0 Å². The van der Waals surface area contributed by atoms with Crippen LogP contribution in [0.3, 0.4) is 0 Å². The molecule has 0 amide bonds. The normalized spacial score (nSPS) is 11.5. The Labute approximate surface area is 103 Å². The molecule has 0 aliphatic rings. The molecule has 0 fully saturated rings. The number of ketones is 1. The first-order valence-electron chi connectivity index (χ1n) is 5.97. The van der Waals surface area contributed by atoms with E-state index in [-0.39, 0.29) is 12.2 Å². The molecular weight excluding hydrogens is 216 g/mol. The van der Waals surface area contributed by atoms with Gasteiger partial charge in [0.2, 0.25) is 5.79 Å². The van der Waals surface area contributed by atoms with Crippen molar-refractivity contribution in [2.45, 2.75) is 33.0 Å². The van der Waals surface area contributed by atoms with Crippen molar-refractivity contribution < 1.29 is 14.3 Å². The first-order chi connectivity index (χ1) is 8.14. The predicted molar refractivity (Wildman–Crippen MR) is 66.7 cm³/mol. The van der Waals surface area contributed by atoms with E-state index in [0.29, 0.717) is 13.2 Å².